The lowest BCUT2D eigenvalue weighted by atomic mass is 9.36. The third-order valence-electron chi connectivity index (χ3n) is 14.0. The minimum Gasteiger partial charge on any atom is -0.509 e. The Balaban J connectivity index is 1.55. The molecule has 0 aliphatic heterocycles. The number of allylic oxidation sites excluding steroid dienone is 1. The zero-order valence-corrected chi connectivity index (χ0v) is 29.1. The number of carboxylic acid groups (broad SMARTS) is 1. The molecule has 0 saturated heterocycles. The Hall–Kier alpha value is -3.33. The summed E-state index contributed by atoms with van der Waals surface area (Å²) < 4.78 is 0. The van der Waals surface area contributed by atoms with Crippen molar-refractivity contribution in [3.05, 3.63) is 76.6 Å². The number of hydrogen-bond donors (Lipinski definition) is 5. The number of hydrogen-bond acceptors (Lipinski definition) is 7. The Kier molecular flexibility index (Phi) is 7.79. The van der Waals surface area contributed by atoms with Crippen LogP contribution >= 0.6 is 0 Å². The normalized spacial score (nSPS) is 41.5. The first kappa shape index (κ1) is 34.5. The van der Waals surface area contributed by atoms with E-state index in [0.29, 0.717) is 24.0 Å². The van der Waals surface area contributed by atoms with Crippen molar-refractivity contribution in [2.24, 2.45) is 45.3 Å². The molecule has 1 aromatic rings. The lowest BCUT2D eigenvalue weighted by Gasteiger charge is -2.68. The second kappa shape index (κ2) is 10.8. The Labute approximate surface area is 283 Å². The lowest BCUT2D eigenvalue weighted by molar-refractivity contribution is -0.161. The highest BCUT2D eigenvalue weighted by atomic mass is 16.4. The maximum atomic E-state index is 14.8. The predicted molar refractivity (Wildman–Crippen MR) is 181 cm³/mol. The average molecular weight is 659 g/mol. The molecule has 0 bridgehead atoms. The summed E-state index contributed by atoms with van der Waals surface area (Å²) in [7, 11) is 0. The first-order chi connectivity index (χ1) is 22.2. The number of fused-ring (bicyclic) bond motifs is 2. The second-order valence-corrected chi connectivity index (χ2v) is 16.7. The van der Waals surface area contributed by atoms with Crippen molar-refractivity contribution in [1.29, 1.82) is 0 Å². The maximum Gasteiger partial charge on any atom is 0.334 e. The fourth-order valence-electron chi connectivity index (χ4n) is 11.4. The Morgan fingerprint density at radius 3 is 2.29 bits per heavy atom. The van der Waals surface area contributed by atoms with Gasteiger partial charge in [0.1, 0.15) is 23.2 Å². The number of aliphatic carboxylic acids is 1. The number of Topliss-reactive ketones (excluding diaryl/α,β-unsaturated/α-hetero) is 2. The molecular formula is C40H50O8. The molecule has 0 aromatic heterocycles. The molecule has 258 valence electrons. The zero-order chi connectivity index (χ0) is 35.4. The van der Waals surface area contributed by atoms with Gasteiger partial charge in [0.05, 0.1) is 11.2 Å². The van der Waals surface area contributed by atoms with Crippen molar-refractivity contribution in [3.63, 3.8) is 0 Å². The molecule has 2 fully saturated rings. The summed E-state index contributed by atoms with van der Waals surface area (Å²) in [6.45, 7) is 13.0. The number of rotatable bonds is 7. The molecule has 2 saturated carbocycles. The van der Waals surface area contributed by atoms with E-state index in [-0.39, 0.29) is 48.2 Å². The van der Waals surface area contributed by atoms with E-state index in [4.69, 9.17) is 0 Å². The average Bonchev–Trinajstić information content (AvgIpc) is 3.20. The van der Waals surface area contributed by atoms with E-state index >= 15 is 0 Å². The van der Waals surface area contributed by atoms with E-state index < -0.39 is 62.5 Å². The van der Waals surface area contributed by atoms with Gasteiger partial charge in [-0.15, -0.1) is 0 Å². The van der Waals surface area contributed by atoms with Gasteiger partial charge in [-0.05, 0) is 66.6 Å². The van der Waals surface area contributed by atoms with Gasteiger partial charge in [-0.1, -0.05) is 90.1 Å². The molecule has 8 nitrogen and oxygen atoms in total. The van der Waals surface area contributed by atoms with E-state index in [1.807, 2.05) is 77.1 Å². The maximum absolute atomic E-state index is 14.8. The third-order valence-corrected chi connectivity index (χ3v) is 14.0. The van der Waals surface area contributed by atoms with Crippen molar-refractivity contribution in [2.45, 2.75) is 97.9 Å². The van der Waals surface area contributed by atoms with Crippen LogP contribution in [0.4, 0.5) is 0 Å². The Morgan fingerprint density at radius 2 is 1.67 bits per heavy atom. The lowest BCUT2D eigenvalue weighted by Crippen LogP contribution is -2.69. The number of carbonyl (C=O) groups excluding carboxylic acids is 2. The van der Waals surface area contributed by atoms with Crippen LogP contribution in [0, 0.1) is 45.3 Å². The molecule has 0 radical (unpaired) electrons. The molecular weight excluding hydrogens is 608 g/mol. The van der Waals surface area contributed by atoms with Gasteiger partial charge in [-0.2, -0.15) is 0 Å². The summed E-state index contributed by atoms with van der Waals surface area (Å²) in [6.07, 6.45) is 7.09. The summed E-state index contributed by atoms with van der Waals surface area (Å²) in [5, 5.41) is 56.7. The topological polar surface area (TPSA) is 152 Å². The van der Waals surface area contributed by atoms with Crippen LogP contribution in [0.25, 0.3) is 6.08 Å². The Morgan fingerprint density at radius 1 is 1.02 bits per heavy atom. The van der Waals surface area contributed by atoms with Crippen molar-refractivity contribution in [3.8, 4) is 0 Å². The van der Waals surface area contributed by atoms with E-state index in [9.17, 15) is 39.9 Å². The molecule has 5 aliphatic rings. The van der Waals surface area contributed by atoms with Gasteiger partial charge in [0.25, 0.3) is 0 Å². The summed E-state index contributed by atoms with van der Waals surface area (Å²) in [4.78, 5) is 39.9. The molecule has 0 amide bonds. The summed E-state index contributed by atoms with van der Waals surface area (Å²) in [5.74, 6) is -3.58. The molecule has 8 heteroatoms. The predicted octanol–water partition coefficient (Wildman–Crippen LogP) is 5.98. The van der Waals surface area contributed by atoms with Gasteiger partial charge in [0.2, 0.25) is 0 Å². The van der Waals surface area contributed by atoms with Crippen molar-refractivity contribution >= 4 is 23.6 Å². The molecule has 1 aromatic carbocycles. The second-order valence-electron chi connectivity index (χ2n) is 16.7. The van der Waals surface area contributed by atoms with Crippen molar-refractivity contribution < 1.29 is 39.9 Å². The first-order valence-electron chi connectivity index (χ1n) is 17.2. The SMILES string of the molecule is CC(C(=O)O)=C(O)C(O)CC(C)C1CC2(O)C=CC3(O)C4=C(C(=O)CC1(C)C42C)C1(C)CCC(=O)C(C)(C)C1C3C=Cc1ccccc1. The van der Waals surface area contributed by atoms with Gasteiger partial charge in [-0.3, -0.25) is 9.59 Å². The third kappa shape index (κ3) is 4.34. The highest BCUT2D eigenvalue weighted by molar-refractivity contribution is 6.02. The number of aliphatic hydroxyl groups is 4. The van der Waals surface area contributed by atoms with Crippen LogP contribution in [0.1, 0.15) is 86.1 Å². The van der Waals surface area contributed by atoms with Crippen LogP contribution in [0.5, 0.6) is 0 Å². The molecule has 5 N–H and O–H groups in total. The highest BCUT2D eigenvalue weighted by Gasteiger charge is 2.78. The number of ketones is 2. The van der Waals surface area contributed by atoms with Crippen molar-refractivity contribution in [1.82, 2.24) is 0 Å². The standard InChI is InChI=1S/C40H50O8/c1-22(19-27(41)31(44)23(2)34(45)46)26-20-39(47)17-18-40(48)25(14-13-24-11-9-8-10-12-24)32-35(3,4)29(43)15-16-36(32,5)30-28(42)21-37(26,6)38(39,7)33(30)40/h8-14,17-18,22,25-27,32,41,44,47-48H,15-16,19-21H2,1-7H3,(H,45,46). The summed E-state index contributed by atoms with van der Waals surface area (Å²) in [6, 6.07) is 9.77. The quantitative estimate of drug-likeness (QED) is 0.136. The summed E-state index contributed by atoms with van der Waals surface area (Å²) >= 11 is 0. The number of benzene rings is 1. The zero-order valence-electron chi connectivity index (χ0n) is 29.1. The van der Waals surface area contributed by atoms with E-state index in [1.165, 1.54) is 6.92 Å². The molecule has 48 heavy (non-hydrogen) atoms. The molecule has 0 heterocycles. The van der Waals surface area contributed by atoms with Crippen LogP contribution in [-0.4, -0.2) is 60.4 Å². The fourth-order valence-corrected chi connectivity index (χ4v) is 11.4. The minimum absolute atomic E-state index is 0.0233. The molecule has 10 unspecified atom stereocenters. The van der Waals surface area contributed by atoms with Crippen LogP contribution in [-0.2, 0) is 14.4 Å². The van der Waals surface area contributed by atoms with Crippen molar-refractivity contribution in [2.75, 3.05) is 0 Å². The monoisotopic (exact) mass is 658 g/mol. The van der Waals surface area contributed by atoms with Crippen LogP contribution in [0.2, 0.25) is 0 Å². The minimum atomic E-state index is -1.67. The molecule has 0 spiro atoms. The van der Waals surface area contributed by atoms with Crippen LogP contribution in [0.15, 0.2) is 71.0 Å². The van der Waals surface area contributed by atoms with E-state index in [0.717, 1.165) is 5.56 Å². The number of carboxylic acids is 1. The van der Waals surface area contributed by atoms with Crippen LogP contribution in [0.3, 0.4) is 0 Å². The van der Waals surface area contributed by atoms with Gasteiger partial charge >= 0.3 is 5.97 Å². The smallest absolute Gasteiger partial charge is 0.334 e. The number of carbonyl (C=O) groups is 3. The van der Waals surface area contributed by atoms with Gasteiger partial charge in [0.15, 0.2) is 5.78 Å². The van der Waals surface area contributed by atoms with Gasteiger partial charge < -0.3 is 25.5 Å². The molecule has 5 aliphatic carbocycles. The molecule has 10 atom stereocenters. The number of aliphatic hydroxyl groups excluding tert-OH is 2. The van der Waals surface area contributed by atoms with E-state index in [2.05, 4.69) is 6.92 Å². The Bertz CT molecular complexity index is 1700. The van der Waals surface area contributed by atoms with E-state index in [1.54, 1.807) is 12.2 Å². The largest absolute Gasteiger partial charge is 0.509 e. The van der Waals surface area contributed by atoms with Crippen LogP contribution < -0.4 is 0 Å². The first-order valence-corrected chi connectivity index (χ1v) is 17.2. The highest BCUT2D eigenvalue weighted by Crippen LogP contribution is 2.78. The molecule has 6 rings (SSSR count). The fraction of sp³-hybridized carbons (Fsp3) is 0.575. The summed E-state index contributed by atoms with van der Waals surface area (Å²) in [5.41, 5.74) is -4.96. The van der Waals surface area contributed by atoms with Gasteiger partial charge in [0, 0.05) is 40.6 Å². The van der Waals surface area contributed by atoms with Gasteiger partial charge in [-0.25, -0.2) is 4.79 Å².